The number of nitrogens with zero attached hydrogens (tertiary/aromatic N) is 5. The molecular weight excluding hydrogens is 410 g/mol. The van der Waals surface area contributed by atoms with Crippen LogP contribution in [0.1, 0.15) is 19.2 Å². The number of aromatic nitrogens is 4. The second-order valence-corrected chi connectivity index (χ2v) is 9.08. The Morgan fingerprint density at radius 1 is 1.20 bits per heavy atom. The highest BCUT2D eigenvalue weighted by Gasteiger charge is 2.21. The Hall–Kier alpha value is -3.18. The largest absolute Gasteiger partial charge is 0.459 e. The molecule has 158 valence electrons. The van der Waals surface area contributed by atoms with Crippen LogP contribution in [0.15, 0.2) is 55.1 Å². The standard InChI is InChI=1S/C19H21N5O5S/c1-4-9-23-15-8-7-13(30(26,27)22(2)3)11-14(15)20-17(23)12-24-19(25)29-18(21-24)16-6-5-10-28-16/h5-8,10-11H,4,9,12H2,1-3H3. The van der Waals surface area contributed by atoms with E-state index in [4.69, 9.17) is 8.83 Å². The molecule has 4 aromatic rings. The minimum absolute atomic E-state index is 0.0769. The van der Waals surface area contributed by atoms with Gasteiger partial charge in [0, 0.05) is 20.6 Å². The van der Waals surface area contributed by atoms with Crippen molar-refractivity contribution in [3.63, 3.8) is 0 Å². The summed E-state index contributed by atoms with van der Waals surface area (Å²) in [6.07, 6.45) is 2.30. The zero-order chi connectivity index (χ0) is 21.5. The molecule has 0 spiro atoms. The summed E-state index contributed by atoms with van der Waals surface area (Å²) < 4.78 is 39.6. The van der Waals surface area contributed by atoms with Crippen molar-refractivity contribution in [2.45, 2.75) is 31.3 Å². The van der Waals surface area contributed by atoms with Gasteiger partial charge in [-0.1, -0.05) is 6.92 Å². The molecule has 0 saturated carbocycles. The van der Waals surface area contributed by atoms with Gasteiger partial charge >= 0.3 is 5.76 Å². The molecule has 1 aromatic carbocycles. The van der Waals surface area contributed by atoms with Gasteiger partial charge in [-0.3, -0.25) is 0 Å². The first-order chi connectivity index (χ1) is 14.3. The lowest BCUT2D eigenvalue weighted by molar-refractivity contribution is 0.471. The molecule has 0 aliphatic carbocycles. The second-order valence-electron chi connectivity index (χ2n) is 6.93. The molecule has 4 rings (SSSR count). The van der Waals surface area contributed by atoms with Crippen LogP contribution in [0.5, 0.6) is 0 Å². The summed E-state index contributed by atoms with van der Waals surface area (Å²) in [4.78, 5) is 17.0. The number of hydrogen-bond acceptors (Lipinski definition) is 7. The third-order valence-corrected chi connectivity index (χ3v) is 6.47. The highest BCUT2D eigenvalue weighted by Crippen LogP contribution is 2.23. The maximum absolute atomic E-state index is 12.5. The van der Waals surface area contributed by atoms with Crippen molar-refractivity contribution in [2.24, 2.45) is 0 Å². The first kappa shape index (κ1) is 20.1. The van der Waals surface area contributed by atoms with Gasteiger partial charge in [0.25, 0.3) is 5.89 Å². The van der Waals surface area contributed by atoms with E-state index < -0.39 is 15.8 Å². The molecule has 0 saturated heterocycles. The molecule has 0 atom stereocenters. The van der Waals surface area contributed by atoms with Crippen molar-refractivity contribution in [3.8, 4) is 11.7 Å². The molecule has 3 heterocycles. The van der Waals surface area contributed by atoms with Crippen LogP contribution in [0.2, 0.25) is 0 Å². The molecule has 10 nitrogen and oxygen atoms in total. The monoisotopic (exact) mass is 431 g/mol. The zero-order valence-corrected chi connectivity index (χ0v) is 17.6. The topological polar surface area (TPSA) is 116 Å². The van der Waals surface area contributed by atoms with Crippen molar-refractivity contribution >= 4 is 21.1 Å². The first-order valence-corrected chi connectivity index (χ1v) is 10.8. The fourth-order valence-corrected chi connectivity index (χ4v) is 4.09. The van der Waals surface area contributed by atoms with Crippen LogP contribution in [-0.4, -0.2) is 46.1 Å². The molecule has 3 aromatic heterocycles. The van der Waals surface area contributed by atoms with Crippen LogP contribution in [0.3, 0.4) is 0 Å². The molecule has 0 radical (unpaired) electrons. The van der Waals surface area contributed by atoms with E-state index in [1.807, 2.05) is 11.5 Å². The molecule has 0 aliphatic rings. The summed E-state index contributed by atoms with van der Waals surface area (Å²) in [5.74, 6) is 0.383. The highest BCUT2D eigenvalue weighted by molar-refractivity contribution is 7.89. The van der Waals surface area contributed by atoms with E-state index in [-0.39, 0.29) is 17.3 Å². The normalized spacial score (nSPS) is 12.3. The third kappa shape index (κ3) is 3.46. The van der Waals surface area contributed by atoms with Crippen LogP contribution in [0.25, 0.3) is 22.7 Å². The summed E-state index contributed by atoms with van der Waals surface area (Å²) in [6, 6.07) is 8.16. The van der Waals surface area contributed by atoms with Gasteiger partial charge in [-0.2, -0.15) is 4.68 Å². The van der Waals surface area contributed by atoms with Gasteiger partial charge in [0.2, 0.25) is 10.0 Å². The minimum Gasteiger partial charge on any atom is -0.459 e. The molecule has 11 heteroatoms. The SMILES string of the molecule is CCCn1c(Cn2nc(-c3ccco3)oc2=O)nc2cc(S(=O)(=O)N(C)C)ccc21. The number of fused-ring (bicyclic) bond motifs is 1. The van der Waals surface area contributed by atoms with Gasteiger partial charge in [-0.05, 0) is 36.8 Å². The molecule has 0 amide bonds. The number of benzene rings is 1. The van der Waals surface area contributed by atoms with Crippen molar-refractivity contribution in [2.75, 3.05) is 14.1 Å². The van der Waals surface area contributed by atoms with E-state index >= 15 is 0 Å². The Balaban J connectivity index is 1.77. The van der Waals surface area contributed by atoms with Gasteiger partial charge in [-0.15, -0.1) is 5.10 Å². The summed E-state index contributed by atoms with van der Waals surface area (Å²) in [7, 11) is -0.620. The lowest BCUT2D eigenvalue weighted by Gasteiger charge is -2.11. The lowest BCUT2D eigenvalue weighted by atomic mass is 10.3. The zero-order valence-electron chi connectivity index (χ0n) is 16.8. The average molecular weight is 431 g/mol. The molecular formula is C19H21N5O5S. The van der Waals surface area contributed by atoms with Crippen molar-refractivity contribution in [1.29, 1.82) is 0 Å². The average Bonchev–Trinajstić information content (AvgIpc) is 3.42. The Kier molecular flexibility index (Phi) is 5.08. The fourth-order valence-electron chi connectivity index (χ4n) is 3.16. The molecule has 0 unspecified atom stereocenters. The van der Waals surface area contributed by atoms with Gasteiger partial charge < -0.3 is 13.4 Å². The van der Waals surface area contributed by atoms with Gasteiger partial charge in [0.05, 0.1) is 22.2 Å². The van der Waals surface area contributed by atoms with E-state index in [1.54, 1.807) is 30.3 Å². The molecule has 0 aliphatic heterocycles. The Morgan fingerprint density at radius 3 is 2.67 bits per heavy atom. The predicted molar refractivity (Wildman–Crippen MR) is 108 cm³/mol. The fraction of sp³-hybridized carbons (Fsp3) is 0.316. The molecule has 30 heavy (non-hydrogen) atoms. The highest BCUT2D eigenvalue weighted by atomic mass is 32.2. The number of rotatable bonds is 7. The van der Waals surface area contributed by atoms with E-state index in [9.17, 15) is 13.2 Å². The third-order valence-electron chi connectivity index (χ3n) is 4.65. The van der Waals surface area contributed by atoms with Gasteiger partial charge in [0.1, 0.15) is 12.4 Å². The summed E-state index contributed by atoms with van der Waals surface area (Å²) in [5, 5.41) is 4.19. The molecule has 0 bridgehead atoms. The van der Waals surface area contributed by atoms with Gasteiger partial charge in [0.15, 0.2) is 5.76 Å². The van der Waals surface area contributed by atoms with Crippen molar-refractivity contribution < 1.29 is 17.3 Å². The van der Waals surface area contributed by atoms with Crippen molar-refractivity contribution in [1.82, 2.24) is 23.6 Å². The number of sulfonamides is 1. The van der Waals surface area contributed by atoms with Crippen LogP contribution >= 0.6 is 0 Å². The maximum Gasteiger partial charge on any atom is 0.437 e. The Morgan fingerprint density at radius 2 is 2.00 bits per heavy atom. The summed E-state index contributed by atoms with van der Waals surface area (Å²) in [5.41, 5.74) is 1.32. The number of hydrogen-bond donors (Lipinski definition) is 0. The van der Waals surface area contributed by atoms with E-state index in [0.717, 1.165) is 16.2 Å². The van der Waals surface area contributed by atoms with Gasteiger partial charge in [-0.25, -0.2) is 22.5 Å². The predicted octanol–water partition coefficient (Wildman–Crippen LogP) is 2.15. The lowest BCUT2D eigenvalue weighted by Crippen LogP contribution is -2.22. The van der Waals surface area contributed by atoms with Crippen molar-refractivity contribution in [3.05, 3.63) is 53.0 Å². The van der Waals surface area contributed by atoms with Crippen LogP contribution in [0, 0.1) is 0 Å². The van der Waals surface area contributed by atoms with E-state index in [2.05, 4.69) is 10.1 Å². The minimum atomic E-state index is -3.58. The summed E-state index contributed by atoms with van der Waals surface area (Å²) >= 11 is 0. The first-order valence-electron chi connectivity index (χ1n) is 9.34. The quantitative estimate of drug-likeness (QED) is 0.440. The Labute approximate surface area is 172 Å². The number of imidazole rings is 1. The maximum atomic E-state index is 12.5. The van der Waals surface area contributed by atoms with Crippen LogP contribution in [0.4, 0.5) is 0 Å². The van der Waals surface area contributed by atoms with Crippen LogP contribution in [-0.2, 0) is 23.1 Å². The smallest absolute Gasteiger partial charge is 0.437 e. The molecule has 0 N–H and O–H groups in total. The number of aryl methyl sites for hydroxylation is 1. The molecule has 0 fully saturated rings. The van der Waals surface area contributed by atoms with E-state index in [0.29, 0.717) is 23.6 Å². The van der Waals surface area contributed by atoms with E-state index in [1.165, 1.54) is 25.0 Å². The number of furan rings is 1. The van der Waals surface area contributed by atoms with Crippen LogP contribution < -0.4 is 5.76 Å². The second kappa shape index (κ2) is 7.58. The summed E-state index contributed by atoms with van der Waals surface area (Å²) in [6.45, 7) is 2.76. The Bertz CT molecular complexity index is 1350.